The van der Waals surface area contributed by atoms with Crippen molar-refractivity contribution in [2.24, 2.45) is 0 Å². The molecule has 208 valence electrons. The van der Waals surface area contributed by atoms with Crippen LogP contribution in [0.4, 0.5) is 10.5 Å². The van der Waals surface area contributed by atoms with Crippen LogP contribution in [0.25, 0.3) is 10.9 Å². The number of imide groups is 1. The van der Waals surface area contributed by atoms with Crippen molar-refractivity contribution in [2.45, 2.75) is 51.9 Å². The molecule has 0 saturated carbocycles. The third-order valence-electron chi connectivity index (χ3n) is 5.81. The molecule has 0 radical (unpaired) electrons. The molecular weight excluding hydrogens is 528 g/mol. The van der Waals surface area contributed by atoms with Crippen LogP contribution >= 0.6 is 11.6 Å². The van der Waals surface area contributed by atoms with Gasteiger partial charge in [0.2, 0.25) is 0 Å². The SMILES string of the molecule is COc1cc(C(=O)NC(=O)Nc2ccc3c(cnn3C3CCCCO3)c2Cl)ccc1OCC(=O)OC(C)(C)C. The molecule has 2 heterocycles. The smallest absolute Gasteiger partial charge is 0.344 e. The number of carbonyl (C=O) groups is 3. The number of nitrogens with zero attached hydrogens (tertiary/aromatic N) is 2. The Morgan fingerprint density at radius 2 is 1.95 bits per heavy atom. The number of halogens is 1. The average molecular weight is 559 g/mol. The predicted octanol–water partition coefficient (Wildman–Crippen LogP) is 5.08. The molecule has 39 heavy (non-hydrogen) atoms. The molecule has 1 aliphatic heterocycles. The van der Waals surface area contributed by atoms with E-state index < -0.39 is 23.5 Å². The zero-order chi connectivity index (χ0) is 28.2. The lowest BCUT2D eigenvalue weighted by atomic mass is 10.2. The molecule has 1 unspecified atom stereocenters. The molecule has 2 N–H and O–H groups in total. The number of urea groups is 1. The van der Waals surface area contributed by atoms with E-state index in [1.165, 1.54) is 25.3 Å². The molecule has 1 saturated heterocycles. The molecule has 1 aromatic heterocycles. The Labute approximate surface area is 230 Å². The van der Waals surface area contributed by atoms with E-state index in [1.807, 2.05) is 0 Å². The maximum atomic E-state index is 12.7. The number of amides is 3. The Morgan fingerprint density at radius 1 is 1.15 bits per heavy atom. The van der Waals surface area contributed by atoms with Gasteiger partial charge in [0, 0.05) is 17.6 Å². The maximum Gasteiger partial charge on any atom is 0.344 e. The Morgan fingerprint density at radius 3 is 2.64 bits per heavy atom. The number of carbonyl (C=O) groups excluding carboxylic acids is 3. The van der Waals surface area contributed by atoms with E-state index in [0.29, 0.717) is 22.7 Å². The van der Waals surface area contributed by atoms with Crippen molar-refractivity contribution in [2.75, 3.05) is 25.6 Å². The zero-order valence-corrected chi connectivity index (χ0v) is 23.0. The van der Waals surface area contributed by atoms with Crippen molar-refractivity contribution in [1.29, 1.82) is 0 Å². The summed E-state index contributed by atoms with van der Waals surface area (Å²) >= 11 is 6.55. The van der Waals surface area contributed by atoms with Gasteiger partial charge in [-0.2, -0.15) is 5.10 Å². The van der Waals surface area contributed by atoms with E-state index in [0.717, 1.165) is 24.8 Å². The first-order chi connectivity index (χ1) is 18.6. The highest BCUT2D eigenvalue weighted by Gasteiger charge is 2.22. The van der Waals surface area contributed by atoms with Gasteiger partial charge in [0.25, 0.3) is 5.91 Å². The van der Waals surface area contributed by atoms with Crippen LogP contribution in [-0.2, 0) is 14.3 Å². The van der Waals surface area contributed by atoms with Crippen molar-refractivity contribution < 1.29 is 33.3 Å². The topological polar surface area (TPSA) is 130 Å². The molecule has 3 amide bonds. The van der Waals surface area contributed by atoms with Gasteiger partial charge in [0.1, 0.15) is 5.60 Å². The highest BCUT2D eigenvalue weighted by atomic mass is 35.5. The summed E-state index contributed by atoms with van der Waals surface area (Å²) in [6, 6.07) is 6.98. The number of nitrogens with one attached hydrogen (secondary N) is 2. The first-order valence-corrected chi connectivity index (χ1v) is 12.9. The number of hydrogen-bond acceptors (Lipinski definition) is 8. The minimum atomic E-state index is -0.770. The second-order valence-corrected chi connectivity index (χ2v) is 10.3. The summed E-state index contributed by atoms with van der Waals surface area (Å²) < 4.78 is 23.6. The number of ether oxygens (including phenoxy) is 4. The lowest BCUT2D eigenvalue weighted by Crippen LogP contribution is -2.34. The van der Waals surface area contributed by atoms with Crippen molar-refractivity contribution in [3.8, 4) is 11.5 Å². The van der Waals surface area contributed by atoms with Crippen molar-refractivity contribution in [3.63, 3.8) is 0 Å². The van der Waals surface area contributed by atoms with Gasteiger partial charge in [-0.25, -0.2) is 14.3 Å². The number of anilines is 1. The van der Waals surface area contributed by atoms with E-state index in [2.05, 4.69) is 15.7 Å². The third kappa shape index (κ3) is 6.98. The summed E-state index contributed by atoms with van der Waals surface area (Å²) in [6.45, 7) is 5.61. The van der Waals surface area contributed by atoms with Crippen LogP contribution in [0.1, 0.15) is 56.6 Å². The second-order valence-electron chi connectivity index (χ2n) is 9.92. The molecule has 0 spiro atoms. The Kier molecular flexibility index (Phi) is 8.61. The Balaban J connectivity index is 1.39. The lowest BCUT2D eigenvalue weighted by molar-refractivity contribution is -0.157. The summed E-state index contributed by atoms with van der Waals surface area (Å²) in [7, 11) is 1.39. The Bertz CT molecular complexity index is 1380. The van der Waals surface area contributed by atoms with Gasteiger partial charge >= 0.3 is 12.0 Å². The van der Waals surface area contributed by atoms with Crippen molar-refractivity contribution in [1.82, 2.24) is 15.1 Å². The number of methoxy groups -OCH3 is 1. The normalized spacial score (nSPS) is 15.5. The highest BCUT2D eigenvalue weighted by Crippen LogP contribution is 2.34. The zero-order valence-electron chi connectivity index (χ0n) is 22.2. The minimum absolute atomic E-state index is 0.141. The van der Waals surface area contributed by atoms with Gasteiger partial charge in [-0.15, -0.1) is 0 Å². The molecule has 1 atom stereocenters. The van der Waals surface area contributed by atoms with Crippen LogP contribution in [0.3, 0.4) is 0 Å². The van der Waals surface area contributed by atoms with Crippen LogP contribution in [0, 0.1) is 0 Å². The van der Waals surface area contributed by atoms with Crippen molar-refractivity contribution >= 4 is 46.1 Å². The van der Waals surface area contributed by atoms with E-state index in [9.17, 15) is 14.4 Å². The molecule has 0 aliphatic carbocycles. The Hall–Kier alpha value is -3.83. The highest BCUT2D eigenvalue weighted by molar-refractivity contribution is 6.38. The number of esters is 1. The van der Waals surface area contributed by atoms with E-state index >= 15 is 0 Å². The number of benzene rings is 2. The second kappa shape index (κ2) is 11.9. The third-order valence-corrected chi connectivity index (χ3v) is 6.22. The standard InChI is InChI=1S/C27H31ClN4O7/c1-27(2,3)39-23(33)15-38-20-11-8-16(13-21(20)36-4)25(34)31-26(35)30-18-9-10-19-17(24(18)28)14-29-32(19)22-7-5-6-12-37-22/h8-11,13-14,22H,5-7,12,15H2,1-4H3,(H2,30,31,34,35). The largest absolute Gasteiger partial charge is 0.493 e. The number of aromatic nitrogens is 2. The van der Waals surface area contributed by atoms with E-state index in [-0.39, 0.29) is 29.9 Å². The molecule has 1 aliphatic rings. The van der Waals surface area contributed by atoms with Gasteiger partial charge in [-0.1, -0.05) is 11.6 Å². The summed E-state index contributed by atoms with van der Waals surface area (Å²) in [5.74, 6) is -0.777. The van der Waals surface area contributed by atoms with E-state index in [4.69, 9.17) is 30.5 Å². The van der Waals surface area contributed by atoms with Crippen LogP contribution in [0.2, 0.25) is 5.02 Å². The molecule has 0 bridgehead atoms. The summed E-state index contributed by atoms with van der Waals surface area (Å²) in [5, 5.41) is 10.2. The fourth-order valence-corrected chi connectivity index (χ4v) is 4.35. The first-order valence-electron chi connectivity index (χ1n) is 12.5. The number of fused-ring (bicyclic) bond motifs is 1. The first kappa shape index (κ1) is 28.2. The van der Waals surface area contributed by atoms with Gasteiger partial charge in [-0.3, -0.25) is 10.1 Å². The van der Waals surface area contributed by atoms with E-state index in [1.54, 1.807) is 43.8 Å². The average Bonchev–Trinajstić information content (AvgIpc) is 3.33. The molecule has 4 rings (SSSR count). The van der Waals surface area contributed by atoms with Crippen LogP contribution < -0.4 is 20.1 Å². The monoisotopic (exact) mass is 558 g/mol. The predicted molar refractivity (Wildman–Crippen MR) is 144 cm³/mol. The van der Waals surface area contributed by atoms with Gasteiger partial charge < -0.3 is 24.3 Å². The minimum Gasteiger partial charge on any atom is -0.493 e. The summed E-state index contributed by atoms with van der Waals surface area (Å²) in [6.07, 6.45) is 4.42. The summed E-state index contributed by atoms with van der Waals surface area (Å²) in [4.78, 5) is 37.3. The molecule has 1 fully saturated rings. The van der Waals surface area contributed by atoms with Crippen molar-refractivity contribution in [3.05, 3.63) is 47.1 Å². The van der Waals surface area contributed by atoms with Crippen LogP contribution in [-0.4, -0.2) is 53.6 Å². The van der Waals surface area contributed by atoms with Gasteiger partial charge in [-0.05, 0) is 70.4 Å². The quantitative estimate of drug-likeness (QED) is 0.384. The fourth-order valence-electron chi connectivity index (χ4n) is 4.09. The summed E-state index contributed by atoms with van der Waals surface area (Å²) in [5.41, 5.74) is 0.605. The number of rotatable bonds is 7. The van der Waals surface area contributed by atoms with Crippen LogP contribution in [0.5, 0.6) is 11.5 Å². The number of hydrogen-bond donors (Lipinski definition) is 2. The fraction of sp³-hybridized carbons (Fsp3) is 0.407. The van der Waals surface area contributed by atoms with Gasteiger partial charge in [0.15, 0.2) is 24.3 Å². The maximum absolute atomic E-state index is 12.7. The molecule has 2 aromatic carbocycles. The van der Waals surface area contributed by atoms with Gasteiger partial charge in [0.05, 0.1) is 29.5 Å². The lowest BCUT2D eigenvalue weighted by Gasteiger charge is -2.23. The molecule has 3 aromatic rings. The molecule has 11 nitrogen and oxygen atoms in total. The van der Waals surface area contributed by atoms with Crippen LogP contribution in [0.15, 0.2) is 36.5 Å². The molecule has 12 heteroatoms. The molecular formula is C27H31ClN4O7.